The molecule has 0 unspecified atom stereocenters. The second kappa shape index (κ2) is 8.79. The van der Waals surface area contributed by atoms with E-state index in [4.69, 9.17) is 27.9 Å². The van der Waals surface area contributed by atoms with Gasteiger partial charge in [0.15, 0.2) is 0 Å². The number of hydrogen-bond acceptors (Lipinski definition) is 8. The van der Waals surface area contributed by atoms with Crippen molar-refractivity contribution in [2.45, 2.75) is 17.7 Å². The number of nitrogens with one attached hydrogen (secondary N) is 1. The summed E-state index contributed by atoms with van der Waals surface area (Å²) in [6.07, 6.45) is 0.951. The van der Waals surface area contributed by atoms with Crippen molar-refractivity contribution < 1.29 is 8.42 Å². The van der Waals surface area contributed by atoms with Crippen LogP contribution >= 0.6 is 11.6 Å². The lowest BCUT2D eigenvalue weighted by Gasteiger charge is -2.10. The molecule has 0 saturated heterocycles. The van der Waals surface area contributed by atoms with Gasteiger partial charge in [0, 0.05) is 17.5 Å². The van der Waals surface area contributed by atoms with Crippen LogP contribution in [0.2, 0.25) is 5.02 Å². The van der Waals surface area contributed by atoms with Gasteiger partial charge in [0.1, 0.15) is 6.07 Å². The molecule has 1 aromatic heterocycles. The summed E-state index contributed by atoms with van der Waals surface area (Å²) in [5, 5.41) is 26.1. The van der Waals surface area contributed by atoms with Gasteiger partial charge in [-0.3, -0.25) is 0 Å². The number of hydrogen-bond donors (Lipinski definition) is 2. The first-order valence-corrected chi connectivity index (χ1v) is 11.5. The van der Waals surface area contributed by atoms with Gasteiger partial charge >= 0.3 is 0 Å². The fourth-order valence-corrected chi connectivity index (χ4v) is 4.93. The lowest BCUT2D eigenvalue weighted by atomic mass is 10.0. The lowest BCUT2D eigenvalue weighted by molar-refractivity contribution is 0.582. The minimum Gasteiger partial charge on any atom is -0.367 e. The molecule has 4 rings (SSSR count). The summed E-state index contributed by atoms with van der Waals surface area (Å²) < 4.78 is 27.4. The van der Waals surface area contributed by atoms with Crippen LogP contribution in [-0.2, 0) is 16.4 Å². The lowest BCUT2D eigenvalue weighted by Crippen LogP contribution is -2.17. The van der Waals surface area contributed by atoms with E-state index in [1.165, 1.54) is 18.2 Å². The summed E-state index contributed by atoms with van der Waals surface area (Å²) in [4.78, 5) is 4.02. The summed E-state index contributed by atoms with van der Waals surface area (Å²) >= 11 is 6.03. The number of aryl methyl sites for hydroxylation is 1. The third-order valence-electron chi connectivity index (χ3n) is 4.88. The van der Waals surface area contributed by atoms with E-state index in [-0.39, 0.29) is 21.8 Å². The minimum atomic E-state index is -4.16. The third kappa shape index (κ3) is 4.30. The highest BCUT2D eigenvalue weighted by atomic mass is 35.5. The number of nitriles is 2. The molecule has 0 bridgehead atoms. The standard InChI is InChI=1S/C22H16ClN7O2S/c23-19-12-17(8-7-16(19)13-25)27-22-28-21(26)30(29-22)33(31,32)20-5-1-4-15-11-14(3-2-10-24)6-9-18(15)20/h1,4-9,11-12H,2-3H2,(H3,26,27,28,29). The van der Waals surface area contributed by atoms with Crippen molar-refractivity contribution in [1.82, 2.24) is 14.2 Å². The monoisotopic (exact) mass is 477 g/mol. The van der Waals surface area contributed by atoms with E-state index < -0.39 is 10.0 Å². The molecule has 164 valence electrons. The second-order valence-electron chi connectivity index (χ2n) is 7.04. The predicted octanol–water partition coefficient (Wildman–Crippen LogP) is 3.98. The van der Waals surface area contributed by atoms with Crippen LogP contribution in [-0.4, -0.2) is 22.6 Å². The summed E-state index contributed by atoms with van der Waals surface area (Å²) in [5.41, 5.74) is 7.59. The van der Waals surface area contributed by atoms with Gasteiger partial charge < -0.3 is 11.1 Å². The number of rotatable bonds is 6. The Bertz CT molecular complexity index is 1570. The highest BCUT2D eigenvalue weighted by Gasteiger charge is 2.25. The van der Waals surface area contributed by atoms with E-state index in [1.807, 2.05) is 12.1 Å². The van der Waals surface area contributed by atoms with Gasteiger partial charge in [-0.1, -0.05) is 41.9 Å². The smallest absolute Gasteiger partial charge is 0.286 e. The molecule has 0 saturated carbocycles. The SMILES string of the molecule is N#CCCc1ccc2c(S(=O)(=O)n3nc(Nc4ccc(C#N)c(Cl)c4)nc3N)cccc2c1. The summed E-state index contributed by atoms with van der Waals surface area (Å²) in [7, 11) is -4.16. The van der Waals surface area contributed by atoms with E-state index in [9.17, 15) is 8.42 Å². The van der Waals surface area contributed by atoms with Crippen molar-refractivity contribution in [3.8, 4) is 12.1 Å². The zero-order chi connectivity index (χ0) is 23.6. The fraction of sp³-hybridized carbons (Fsp3) is 0.0909. The largest absolute Gasteiger partial charge is 0.367 e. The molecule has 1 heterocycles. The topological polar surface area (TPSA) is 150 Å². The van der Waals surface area contributed by atoms with Crippen LogP contribution in [0.25, 0.3) is 10.8 Å². The molecule has 0 atom stereocenters. The van der Waals surface area contributed by atoms with Gasteiger partial charge in [-0.25, -0.2) is 0 Å². The van der Waals surface area contributed by atoms with E-state index in [0.29, 0.717) is 33.6 Å². The van der Waals surface area contributed by atoms with Crippen LogP contribution in [0.5, 0.6) is 0 Å². The molecule has 0 radical (unpaired) electrons. The van der Waals surface area contributed by atoms with Crippen LogP contribution in [0, 0.1) is 22.7 Å². The van der Waals surface area contributed by atoms with Crippen LogP contribution in [0.3, 0.4) is 0 Å². The van der Waals surface area contributed by atoms with Gasteiger partial charge in [-0.05, 0) is 41.6 Å². The average molecular weight is 478 g/mol. The maximum absolute atomic E-state index is 13.4. The first kappa shape index (κ1) is 22.1. The predicted molar refractivity (Wildman–Crippen MR) is 124 cm³/mol. The molecule has 0 amide bonds. The Balaban J connectivity index is 1.70. The van der Waals surface area contributed by atoms with E-state index in [2.05, 4.69) is 21.5 Å². The molecule has 0 aliphatic rings. The number of nitrogens with two attached hydrogens (primary N) is 1. The van der Waals surface area contributed by atoms with Crippen molar-refractivity contribution in [3.05, 3.63) is 70.7 Å². The molecule has 0 aliphatic heterocycles. The average Bonchev–Trinajstić information content (AvgIpc) is 3.17. The van der Waals surface area contributed by atoms with E-state index >= 15 is 0 Å². The Morgan fingerprint density at radius 3 is 2.67 bits per heavy atom. The number of halogens is 1. The number of anilines is 3. The molecule has 11 heteroatoms. The molecule has 4 aromatic rings. The van der Waals surface area contributed by atoms with Crippen molar-refractivity contribution in [1.29, 1.82) is 10.5 Å². The zero-order valence-corrected chi connectivity index (χ0v) is 18.6. The van der Waals surface area contributed by atoms with Gasteiger partial charge in [0.05, 0.1) is 21.6 Å². The highest BCUT2D eigenvalue weighted by Crippen LogP contribution is 2.28. The summed E-state index contributed by atoms with van der Waals surface area (Å²) in [6.45, 7) is 0. The number of nitrogens with zero attached hydrogens (tertiary/aromatic N) is 5. The second-order valence-corrected chi connectivity index (χ2v) is 9.19. The number of nitrogen functional groups attached to an aromatic ring is 1. The molecule has 3 aromatic carbocycles. The minimum absolute atomic E-state index is 0.0244. The van der Waals surface area contributed by atoms with Gasteiger partial charge in [-0.15, -0.1) is 9.19 Å². The van der Waals surface area contributed by atoms with E-state index in [1.54, 1.807) is 30.3 Å². The quantitative estimate of drug-likeness (QED) is 0.423. The Hall–Kier alpha value is -4.12. The van der Waals surface area contributed by atoms with Crippen molar-refractivity contribution in [2.75, 3.05) is 11.1 Å². The Morgan fingerprint density at radius 2 is 1.94 bits per heavy atom. The normalized spacial score (nSPS) is 11.1. The molecule has 0 fully saturated rings. The van der Waals surface area contributed by atoms with Gasteiger partial charge in [0.2, 0.25) is 11.9 Å². The van der Waals surface area contributed by atoms with Gasteiger partial charge in [0.25, 0.3) is 10.0 Å². The Morgan fingerprint density at radius 1 is 1.12 bits per heavy atom. The Kier molecular flexibility index (Phi) is 5.88. The summed E-state index contributed by atoms with van der Waals surface area (Å²) in [6, 6.07) is 18.9. The number of aromatic nitrogens is 3. The number of benzene rings is 3. The third-order valence-corrected chi connectivity index (χ3v) is 6.83. The first-order valence-electron chi connectivity index (χ1n) is 9.67. The first-order chi connectivity index (χ1) is 15.8. The highest BCUT2D eigenvalue weighted by molar-refractivity contribution is 7.90. The van der Waals surface area contributed by atoms with Gasteiger partial charge in [-0.2, -0.15) is 23.9 Å². The molecule has 3 N–H and O–H groups in total. The number of fused-ring (bicyclic) bond motifs is 1. The maximum atomic E-state index is 13.4. The molecule has 0 spiro atoms. The molecule has 0 aliphatic carbocycles. The fourth-order valence-electron chi connectivity index (χ4n) is 3.33. The molecular formula is C22H16ClN7O2S. The molecule has 9 nitrogen and oxygen atoms in total. The van der Waals surface area contributed by atoms with E-state index in [0.717, 1.165) is 10.9 Å². The van der Waals surface area contributed by atoms with Crippen molar-refractivity contribution in [3.63, 3.8) is 0 Å². The van der Waals surface area contributed by atoms with Crippen LogP contribution in [0.4, 0.5) is 17.6 Å². The van der Waals surface area contributed by atoms with Crippen LogP contribution in [0.1, 0.15) is 17.5 Å². The summed E-state index contributed by atoms with van der Waals surface area (Å²) in [5.74, 6) is -0.365. The molecule has 33 heavy (non-hydrogen) atoms. The van der Waals surface area contributed by atoms with Crippen LogP contribution in [0.15, 0.2) is 59.5 Å². The molecular weight excluding hydrogens is 462 g/mol. The maximum Gasteiger partial charge on any atom is 0.286 e. The van der Waals surface area contributed by atoms with Crippen molar-refractivity contribution in [2.24, 2.45) is 0 Å². The van der Waals surface area contributed by atoms with Crippen LogP contribution < -0.4 is 11.1 Å². The van der Waals surface area contributed by atoms with Crippen molar-refractivity contribution >= 4 is 50.0 Å². The Labute approximate surface area is 194 Å². The zero-order valence-electron chi connectivity index (χ0n) is 17.0.